The lowest BCUT2D eigenvalue weighted by atomic mass is 10.1. The number of rotatable bonds is 1. The van der Waals surface area contributed by atoms with Gasteiger partial charge in [-0.05, 0) is 24.6 Å². The van der Waals surface area contributed by atoms with Gasteiger partial charge in [0.15, 0.2) is 0 Å². The van der Waals surface area contributed by atoms with E-state index in [-0.39, 0.29) is 4.90 Å². The lowest BCUT2D eigenvalue weighted by Crippen LogP contribution is -2.00. The molecule has 1 N–H and O–H groups in total. The molecule has 0 amide bonds. The van der Waals surface area contributed by atoms with Crippen molar-refractivity contribution in [3.05, 3.63) is 42.2 Å². The van der Waals surface area contributed by atoms with Crippen molar-refractivity contribution in [3.63, 3.8) is 0 Å². The van der Waals surface area contributed by atoms with Crippen molar-refractivity contribution in [2.45, 2.75) is 11.8 Å². The first-order chi connectivity index (χ1) is 8.98. The predicted molar refractivity (Wildman–Crippen MR) is 71.6 cm³/mol. The van der Waals surface area contributed by atoms with Crippen LogP contribution < -0.4 is 0 Å². The first-order valence-electron chi connectivity index (χ1n) is 5.59. The molecule has 5 nitrogen and oxygen atoms in total. The van der Waals surface area contributed by atoms with Gasteiger partial charge in [0.2, 0.25) is 0 Å². The number of aromatic nitrogens is 2. The molecule has 6 heteroatoms. The molecular formula is C13H10N2O3S. The Balaban J connectivity index is 2.56. The van der Waals surface area contributed by atoms with Crippen LogP contribution in [0.3, 0.4) is 0 Å². The van der Waals surface area contributed by atoms with Crippen LogP contribution in [-0.2, 0) is 10.1 Å². The molecule has 0 saturated carbocycles. The monoisotopic (exact) mass is 274 g/mol. The zero-order valence-corrected chi connectivity index (χ0v) is 10.8. The first kappa shape index (κ1) is 12.0. The third-order valence-corrected chi connectivity index (χ3v) is 3.99. The average molecular weight is 274 g/mol. The molecule has 96 valence electrons. The maximum absolute atomic E-state index is 11.4. The fraction of sp³-hybridized carbons (Fsp3) is 0.0769. The van der Waals surface area contributed by atoms with Crippen LogP contribution in [0.15, 0.2) is 41.6 Å². The van der Waals surface area contributed by atoms with Gasteiger partial charge < -0.3 is 0 Å². The van der Waals surface area contributed by atoms with Gasteiger partial charge in [-0.1, -0.05) is 12.1 Å². The lowest BCUT2D eigenvalue weighted by molar-refractivity contribution is 0.484. The molecule has 2 aromatic heterocycles. The van der Waals surface area contributed by atoms with Crippen molar-refractivity contribution in [3.8, 4) is 0 Å². The zero-order chi connectivity index (χ0) is 13.6. The SMILES string of the molecule is Cc1ccnc2c1ccc1c(S(=O)(=O)O)ccnc12. The van der Waals surface area contributed by atoms with Crippen LogP contribution in [0.1, 0.15) is 5.56 Å². The molecule has 0 fully saturated rings. The second-order valence-electron chi connectivity index (χ2n) is 4.27. The van der Waals surface area contributed by atoms with Crippen molar-refractivity contribution in [1.29, 1.82) is 0 Å². The Morgan fingerprint density at radius 2 is 1.53 bits per heavy atom. The van der Waals surface area contributed by atoms with Crippen molar-refractivity contribution in [2.24, 2.45) is 0 Å². The van der Waals surface area contributed by atoms with Gasteiger partial charge in [-0.15, -0.1) is 0 Å². The van der Waals surface area contributed by atoms with E-state index in [2.05, 4.69) is 9.97 Å². The summed E-state index contributed by atoms with van der Waals surface area (Å²) in [6, 6.07) is 6.58. The maximum Gasteiger partial charge on any atom is 0.295 e. The molecular weight excluding hydrogens is 264 g/mol. The highest BCUT2D eigenvalue weighted by Crippen LogP contribution is 2.28. The predicted octanol–water partition coefficient (Wildman–Crippen LogP) is 2.34. The summed E-state index contributed by atoms with van der Waals surface area (Å²) >= 11 is 0. The second kappa shape index (κ2) is 3.97. The Morgan fingerprint density at radius 3 is 2.21 bits per heavy atom. The summed E-state index contributed by atoms with van der Waals surface area (Å²) in [5, 5.41) is 1.28. The Hall–Kier alpha value is -2.05. The molecule has 2 heterocycles. The minimum atomic E-state index is -4.28. The Labute approximate surface area is 109 Å². The van der Waals surface area contributed by atoms with Gasteiger partial charge in [-0.25, -0.2) is 0 Å². The first-order valence-corrected chi connectivity index (χ1v) is 7.03. The van der Waals surface area contributed by atoms with E-state index < -0.39 is 10.1 Å². The van der Waals surface area contributed by atoms with Crippen LogP contribution >= 0.6 is 0 Å². The molecule has 3 aromatic rings. The molecule has 0 aliphatic rings. The van der Waals surface area contributed by atoms with E-state index >= 15 is 0 Å². The van der Waals surface area contributed by atoms with E-state index in [1.807, 2.05) is 13.0 Å². The van der Waals surface area contributed by atoms with Gasteiger partial charge >= 0.3 is 0 Å². The smallest absolute Gasteiger partial charge is 0.282 e. The van der Waals surface area contributed by atoms with E-state index in [9.17, 15) is 13.0 Å². The number of hydrogen-bond acceptors (Lipinski definition) is 4. The fourth-order valence-electron chi connectivity index (χ4n) is 2.17. The van der Waals surface area contributed by atoms with Crippen LogP contribution in [0.25, 0.3) is 21.8 Å². The number of hydrogen-bond donors (Lipinski definition) is 1. The number of nitrogens with zero attached hydrogens (tertiary/aromatic N) is 2. The topological polar surface area (TPSA) is 80.2 Å². The molecule has 0 saturated heterocycles. The molecule has 1 aromatic carbocycles. The summed E-state index contributed by atoms with van der Waals surface area (Å²) in [6.07, 6.45) is 3.01. The van der Waals surface area contributed by atoms with E-state index in [0.29, 0.717) is 16.4 Å². The number of pyridine rings is 2. The van der Waals surface area contributed by atoms with E-state index in [1.54, 1.807) is 18.3 Å². The number of fused-ring (bicyclic) bond motifs is 3. The number of benzene rings is 1. The van der Waals surface area contributed by atoms with Crippen molar-refractivity contribution in [1.82, 2.24) is 9.97 Å². The van der Waals surface area contributed by atoms with Crippen LogP contribution in [0.5, 0.6) is 0 Å². The van der Waals surface area contributed by atoms with Gasteiger partial charge in [0.05, 0.1) is 11.0 Å². The summed E-state index contributed by atoms with van der Waals surface area (Å²) in [7, 11) is -4.28. The van der Waals surface area contributed by atoms with Gasteiger partial charge in [0.25, 0.3) is 10.1 Å². The van der Waals surface area contributed by atoms with Gasteiger partial charge in [0.1, 0.15) is 4.90 Å². The van der Waals surface area contributed by atoms with Gasteiger partial charge in [-0.3, -0.25) is 14.5 Å². The highest BCUT2D eigenvalue weighted by Gasteiger charge is 2.16. The Bertz CT molecular complexity index is 904. The maximum atomic E-state index is 11.4. The minimum absolute atomic E-state index is 0.150. The number of aryl methyl sites for hydroxylation is 1. The van der Waals surface area contributed by atoms with Crippen molar-refractivity contribution < 1.29 is 13.0 Å². The molecule has 19 heavy (non-hydrogen) atoms. The van der Waals surface area contributed by atoms with E-state index in [4.69, 9.17) is 0 Å². The molecule has 0 aliphatic carbocycles. The summed E-state index contributed by atoms with van der Waals surface area (Å²) in [4.78, 5) is 8.29. The van der Waals surface area contributed by atoms with Crippen LogP contribution in [0, 0.1) is 6.92 Å². The zero-order valence-electron chi connectivity index (χ0n) is 10.0. The van der Waals surface area contributed by atoms with E-state index in [1.165, 1.54) is 12.3 Å². The third kappa shape index (κ3) is 1.85. The van der Waals surface area contributed by atoms with Crippen molar-refractivity contribution in [2.75, 3.05) is 0 Å². The average Bonchev–Trinajstić information content (AvgIpc) is 2.37. The summed E-state index contributed by atoms with van der Waals surface area (Å²) in [6.45, 7) is 1.95. The fourth-order valence-corrected chi connectivity index (χ4v) is 2.84. The summed E-state index contributed by atoms with van der Waals surface area (Å²) in [5.74, 6) is 0. The second-order valence-corrected chi connectivity index (χ2v) is 5.66. The minimum Gasteiger partial charge on any atom is -0.282 e. The lowest BCUT2D eigenvalue weighted by Gasteiger charge is -2.07. The largest absolute Gasteiger partial charge is 0.295 e. The van der Waals surface area contributed by atoms with E-state index in [0.717, 1.165) is 10.9 Å². The van der Waals surface area contributed by atoms with Crippen molar-refractivity contribution >= 4 is 31.9 Å². The standard InChI is InChI=1S/C13H10N2O3S/c1-8-4-6-14-12-9(8)2-3-10-11(19(16,17)18)5-7-15-13(10)12/h2-7H,1H3,(H,16,17,18). The van der Waals surface area contributed by atoms with Gasteiger partial charge in [0, 0.05) is 23.2 Å². The molecule has 0 aliphatic heterocycles. The quantitative estimate of drug-likeness (QED) is 0.544. The molecule has 3 rings (SSSR count). The van der Waals surface area contributed by atoms with Crippen LogP contribution in [-0.4, -0.2) is 22.9 Å². The molecule has 0 radical (unpaired) electrons. The molecule has 0 unspecified atom stereocenters. The Morgan fingerprint density at radius 1 is 0.947 bits per heavy atom. The summed E-state index contributed by atoms with van der Waals surface area (Å²) in [5.41, 5.74) is 2.13. The highest BCUT2D eigenvalue weighted by atomic mass is 32.2. The highest BCUT2D eigenvalue weighted by molar-refractivity contribution is 7.86. The normalized spacial score (nSPS) is 12.1. The summed E-state index contributed by atoms with van der Waals surface area (Å²) < 4.78 is 32.0. The molecule has 0 atom stereocenters. The van der Waals surface area contributed by atoms with Crippen LogP contribution in [0.2, 0.25) is 0 Å². The van der Waals surface area contributed by atoms with Gasteiger partial charge in [-0.2, -0.15) is 8.42 Å². The molecule has 0 spiro atoms. The molecule has 0 bridgehead atoms. The third-order valence-electron chi connectivity index (χ3n) is 3.08. The Kier molecular flexibility index (Phi) is 2.51. The van der Waals surface area contributed by atoms with Crippen LogP contribution in [0.4, 0.5) is 0 Å².